The van der Waals surface area contributed by atoms with E-state index in [1.54, 1.807) is 60.5 Å². The molecule has 0 bridgehead atoms. The lowest BCUT2D eigenvalue weighted by molar-refractivity contribution is -0.115. The second-order valence-corrected chi connectivity index (χ2v) is 11.9. The van der Waals surface area contributed by atoms with E-state index in [-0.39, 0.29) is 23.6 Å². The van der Waals surface area contributed by atoms with Crippen molar-refractivity contribution in [3.05, 3.63) is 84.1 Å². The number of nitrogens with zero attached hydrogens (tertiary/aromatic N) is 3. The number of halogens is 1. The van der Waals surface area contributed by atoms with Crippen LogP contribution in [-0.4, -0.2) is 30.6 Å². The smallest absolute Gasteiger partial charge is 0.228 e. The standard InChI is InChI=1S/C30H33FN4O3S/c1-7-19(2)18-39(37)23-8-9-26-24(15-23)27(10-11-32-26)38-29-20(3)12-21(13-25(29)31)14-28(36)34-22-16-33-35(17-22)30(4,5)6/h8-13,15-17H,2,7,14,18H2,1,3-6H3,(H,34,36). The third-order valence-electron chi connectivity index (χ3n) is 6.19. The van der Waals surface area contributed by atoms with Crippen LogP contribution in [0.1, 0.15) is 45.2 Å². The Morgan fingerprint density at radius 3 is 2.64 bits per heavy atom. The van der Waals surface area contributed by atoms with E-state index in [1.807, 2.05) is 27.7 Å². The first kappa shape index (κ1) is 28.2. The summed E-state index contributed by atoms with van der Waals surface area (Å²) in [6.07, 6.45) is 5.69. The van der Waals surface area contributed by atoms with Gasteiger partial charge in [0.1, 0.15) is 5.75 Å². The number of amides is 1. The Morgan fingerprint density at radius 1 is 1.21 bits per heavy atom. The maximum Gasteiger partial charge on any atom is 0.228 e. The first-order chi connectivity index (χ1) is 18.4. The molecule has 9 heteroatoms. The predicted molar refractivity (Wildman–Crippen MR) is 153 cm³/mol. The molecule has 1 atom stereocenters. The maximum absolute atomic E-state index is 15.3. The highest BCUT2D eigenvalue weighted by Crippen LogP contribution is 2.34. The molecule has 1 N–H and O–H groups in total. The van der Waals surface area contributed by atoms with Gasteiger partial charge in [0.05, 0.1) is 40.2 Å². The number of aromatic nitrogens is 3. The van der Waals surface area contributed by atoms with Crippen LogP contribution in [0.5, 0.6) is 11.5 Å². The highest BCUT2D eigenvalue weighted by molar-refractivity contribution is 7.85. The van der Waals surface area contributed by atoms with Gasteiger partial charge in [-0.2, -0.15) is 5.10 Å². The molecule has 0 saturated heterocycles. The van der Waals surface area contributed by atoms with Gasteiger partial charge in [-0.3, -0.25) is 18.7 Å². The number of rotatable bonds is 9. The first-order valence-electron chi connectivity index (χ1n) is 12.7. The van der Waals surface area contributed by atoms with Crippen LogP contribution >= 0.6 is 0 Å². The van der Waals surface area contributed by atoms with Crippen molar-refractivity contribution in [3.63, 3.8) is 0 Å². The van der Waals surface area contributed by atoms with Gasteiger partial charge in [0, 0.05) is 28.4 Å². The molecular formula is C30H33FN4O3S. The molecule has 1 amide bonds. The summed E-state index contributed by atoms with van der Waals surface area (Å²) in [6.45, 7) is 13.7. The lowest BCUT2D eigenvalue weighted by Gasteiger charge is -2.18. The number of pyridine rings is 1. The number of carbonyl (C=O) groups is 1. The van der Waals surface area contributed by atoms with Gasteiger partial charge in [-0.15, -0.1) is 0 Å². The number of nitrogens with one attached hydrogen (secondary N) is 1. The molecule has 0 aliphatic rings. The number of fused-ring (bicyclic) bond motifs is 1. The van der Waals surface area contributed by atoms with E-state index < -0.39 is 16.6 Å². The van der Waals surface area contributed by atoms with Crippen molar-refractivity contribution in [1.82, 2.24) is 14.8 Å². The largest absolute Gasteiger partial charge is 0.453 e. The van der Waals surface area contributed by atoms with Crippen LogP contribution in [0.2, 0.25) is 0 Å². The molecular weight excluding hydrogens is 515 g/mol. The lowest BCUT2D eigenvalue weighted by atomic mass is 10.1. The molecule has 4 aromatic rings. The summed E-state index contributed by atoms with van der Waals surface area (Å²) in [4.78, 5) is 17.6. The van der Waals surface area contributed by atoms with E-state index >= 15 is 4.39 Å². The zero-order chi connectivity index (χ0) is 28.3. The number of hydrogen-bond donors (Lipinski definition) is 1. The second kappa shape index (κ2) is 11.5. The first-order valence-corrected chi connectivity index (χ1v) is 14.0. The quantitative estimate of drug-likeness (QED) is 0.236. The molecule has 0 aliphatic heterocycles. The monoisotopic (exact) mass is 548 g/mol. The normalized spacial score (nSPS) is 12.4. The van der Waals surface area contributed by atoms with Crippen molar-refractivity contribution in [3.8, 4) is 11.5 Å². The molecule has 0 fully saturated rings. The minimum atomic E-state index is -1.26. The minimum Gasteiger partial charge on any atom is -0.453 e. The maximum atomic E-state index is 15.3. The molecule has 204 valence electrons. The fraction of sp³-hybridized carbons (Fsp3) is 0.300. The lowest BCUT2D eigenvalue weighted by Crippen LogP contribution is -2.22. The molecule has 0 radical (unpaired) electrons. The molecule has 0 saturated carbocycles. The summed E-state index contributed by atoms with van der Waals surface area (Å²) in [6, 6.07) is 10.0. The molecule has 2 aromatic carbocycles. The van der Waals surface area contributed by atoms with E-state index in [0.29, 0.717) is 44.1 Å². The Morgan fingerprint density at radius 2 is 1.97 bits per heavy atom. The zero-order valence-corrected chi connectivity index (χ0v) is 23.7. The van der Waals surface area contributed by atoms with Gasteiger partial charge in [-0.05, 0) is 75.6 Å². The van der Waals surface area contributed by atoms with E-state index in [2.05, 4.69) is 22.0 Å². The van der Waals surface area contributed by atoms with Gasteiger partial charge in [0.25, 0.3) is 0 Å². The van der Waals surface area contributed by atoms with Crippen LogP contribution in [0.25, 0.3) is 10.9 Å². The van der Waals surface area contributed by atoms with E-state index in [9.17, 15) is 9.00 Å². The molecule has 2 aromatic heterocycles. The van der Waals surface area contributed by atoms with Crippen molar-refractivity contribution in [2.45, 2.75) is 57.9 Å². The SMILES string of the molecule is C=C(CC)CS(=O)c1ccc2nccc(Oc3c(C)cc(CC(=O)Nc4cnn(C(C)(C)C)c4)cc3F)c2c1. The van der Waals surface area contributed by atoms with Gasteiger partial charge in [-0.1, -0.05) is 25.1 Å². The molecule has 7 nitrogen and oxygen atoms in total. The highest BCUT2D eigenvalue weighted by Gasteiger charge is 2.17. The fourth-order valence-corrected chi connectivity index (χ4v) is 5.20. The average molecular weight is 549 g/mol. The van der Waals surface area contributed by atoms with Crippen LogP contribution in [0, 0.1) is 12.7 Å². The Hall–Kier alpha value is -3.85. The molecule has 0 spiro atoms. The van der Waals surface area contributed by atoms with Crippen LogP contribution in [-0.2, 0) is 27.6 Å². The summed E-state index contributed by atoms with van der Waals surface area (Å²) < 4.78 is 35.9. The summed E-state index contributed by atoms with van der Waals surface area (Å²) in [5.41, 5.74) is 2.98. The third kappa shape index (κ3) is 6.78. The molecule has 0 aliphatic carbocycles. The van der Waals surface area contributed by atoms with Gasteiger partial charge in [0.15, 0.2) is 11.6 Å². The Labute approximate surface area is 230 Å². The minimum absolute atomic E-state index is 0.00481. The van der Waals surface area contributed by atoms with Crippen LogP contribution in [0.4, 0.5) is 10.1 Å². The van der Waals surface area contributed by atoms with Gasteiger partial charge in [0.2, 0.25) is 5.91 Å². The number of hydrogen-bond acceptors (Lipinski definition) is 5. The van der Waals surface area contributed by atoms with Gasteiger partial charge < -0.3 is 10.1 Å². The van der Waals surface area contributed by atoms with Crippen LogP contribution < -0.4 is 10.1 Å². The summed E-state index contributed by atoms with van der Waals surface area (Å²) in [7, 11) is -1.26. The van der Waals surface area contributed by atoms with Gasteiger partial charge >= 0.3 is 0 Å². The zero-order valence-electron chi connectivity index (χ0n) is 22.9. The fourth-order valence-electron chi connectivity index (χ4n) is 3.99. The Balaban J connectivity index is 1.53. The molecule has 1 unspecified atom stereocenters. The van der Waals surface area contributed by atoms with Crippen molar-refractivity contribution >= 4 is 33.3 Å². The highest BCUT2D eigenvalue weighted by atomic mass is 32.2. The Kier molecular flexibility index (Phi) is 8.30. The molecule has 2 heterocycles. The van der Waals surface area contributed by atoms with E-state index in [4.69, 9.17) is 4.74 Å². The summed E-state index contributed by atoms with van der Waals surface area (Å²) >= 11 is 0. The van der Waals surface area contributed by atoms with Crippen molar-refractivity contribution in [1.29, 1.82) is 0 Å². The van der Waals surface area contributed by atoms with Crippen LogP contribution in [0.3, 0.4) is 0 Å². The van der Waals surface area contributed by atoms with Crippen molar-refractivity contribution in [2.24, 2.45) is 0 Å². The predicted octanol–water partition coefficient (Wildman–Crippen LogP) is 6.68. The Bertz CT molecular complexity index is 1550. The number of carbonyl (C=O) groups excluding carboxylic acids is 1. The average Bonchev–Trinajstić information content (AvgIpc) is 3.35. The van der Waals surface area contributed by atoms with Gasteiger partial charge in [-0.25, -0.2) is 4.39 Å². The number of aryl methyl sites for hydroxylation is 1. The van der Waals surface area contributed by atoms with Crippen molar-refractivity contribution in [2.75, 3.05) is 11.1 Å². The van der Waals surface area contributed by atoms with E-state index in [1.165, 1.54) is 6.07 Å². The van der Waals surface area contributed by atoms with Crippen LogP contribution in [0.15, 0.2) is 72.0 Å². The third-order valence-corrected chi connectivity index (χ3v) is 7.64. The molecule has 4 rings (SSSR count). The number of anilines is 1. The molecule has 39 heavy (non-hydrogen) atoms. The number of benzene rings is 2. The number of ether oxygens (including phenoxy) is 1. The second-order valence-electron chi connectivity index (χ2n) is 10.5. The van der Waals surface area contributed by atoms with E-state index in [0.717, 1.165) is 12.0 Å². The summed E-state index contributed by atoms with van der Waals surface area (Å²) in [5.74, 6) is -0.0228. The van der Waals surface area contributed by atoms with Crippen molar-refractivity contribution < 1.29 is 18.1 Å². The summed E-state index contributed by atoms with van der Waals surface area (Å²) in [5, 5.41) is 7.72. The topological polar surface area (TPSA) is 86.1 Å².